The molecule has 3 N–H and O–H groups in total. The first-order valence-electron chi connectivity index (χ1n) is 8.37. The maximum absolute atomic E-state index is 10.5. The van der Waals surface area contributed by atoms with Crippen molar-refractivity contribution >= 4 is 0 Å². The summed E-state index contributed by atoms with van der Waals surface area (Å²) >= 11 is 0. The summed E-state index contributed by atoms with van der Waals surface area (Å²) in [5.74, 6) is 1.14. The number of aromatic hydroxyl groups is 1. The lowest BCUT2D eigenvalue weighted by Crippen LogP contribution is -2.48. The Morgan fingerprint density at radius 3 is 2.77 bits per heavy atom. The zero-order valence-corrected chi connectivity index (χ0v) is 13.5. The summed E-state index contributed by atoms with van der Waals surface area (Å²) in [5.41, 5.74) is 2.92. The van der Waals surface area contributed by atoms with E-state index in [-0.39, 0.29) is 24.5 Å². The first kappa shape index (κ1) is 15.8. The van der Waals surface area contributed by atoms with Crippen LogP contribution < -0.4 is 0 Å². The average molecular weight is 305 g/mol. The fourth-order valence-electron chi connectivity index (χ4n) is 4.14. The fourth-order valence-corrected chi connectivity index (χ4v) is 4.14. The van der Waals surface area contributed by atoms with Crippen LogP contribution in [0.25, 0.3) is 0 Å². The maximum atomic E-state index is 10.5. The highest BCUT2D eigenvalue weighted by atomic mass is 16.3. The minimum Gasteiger partial charge on any atom is -0.508 e. The van der Waals surface area contributed by atoms with Gasteiger partial charge in [0.1, 0.15) is 5.75 Å². The molecular formula is C18H27NO3. The Labute approximate surface area is 132 Å². The molecule has 1 aromatic carbocycles. The second kappa shape index (κ2) is 6.19. The summed E-state index contributed by atoms with van der Waals surface area (Å²) in [6.07, 6.45) is 2.48. The monoisotopic (exact) mass is 305 g/mol. The molecule has 1 aromatic rings. The molecule has 3 rings (SSSR count). The predicted octanol–water partition coefficient (Wildman–Crippen LogP) is 2.21. The van der Waals surface area contributed by atoms with Gasteiger partial charge in [-0.1, -0.05) is 13.8 Å². The molecule has 122 valence electrons. The van der Waals surface area contributed by atoms with Crippen LogP contribution in [-0.4, -0.2) is 39.4 Å². The molecule has 2 aliphatic heterocycles. The number of aliphatic hydroxyl groups is 2. The van der Waals surface area contributed by atoms with Crippen LogP contribution in [0.4, 0.5) is 0 Å². The Balaban J connectivity index is 1.86. The Hall–Kier alpha value is -1.10. The van der Waals surface area contributed by atoms with Crippen molar-refractivity contribution in [1.82, 2.24) is 4.90 Å². The number of phenols is 1. The standard InChI is InChI=1S/C18H27NO3/c1-11(2)5-13-9-19-4-3-12-7-17(21)14(10-20)6-15(12)16(19)8-18(13)22/h6-7,11,13,16,18,20-22H,3-5,8-10H2,1-2H3/t13?,16-,18-/m1/s1. The van der Waals surface area contributed by atoms with E-state index >= 15 is 0 Å². The SMILES string of the molecule is CC(C)CC1CN2CCc3cc(O)c(CO)cc3[C@H]2C[C@H]1O. The third-order valence-electron chi connectivity index (χ3n) is 5.23. The number of nitrogens with zero attached hydrogens (tertiary/aromatic N) is 1. The normalized spacial score (nSPS) is 28.5. The van der Waals surface area contributed by atoms with Gasteiger partial charge < -0.3 is 15.3 Å². The molecule has 0 radical (unpaired) electrons. The van der Waals surface area contributed by atoms with E-state index in [0.29, 0.717) is 17.4 Å². The van der Waals surface area contributed by atoms with Gasteiger partial charge in [0.2, 0.25) is 0 Å². The van der Waals surface area contributed by atoms with Crippen LogP contribution in [-0.2, 0) is 13.0 Å². The lowest BCUT2D eigenvalue weighted by Gasteiger charge is -2.46. The molecule has 0 aromatic heterocycles. The van der Waals surface area contributed by atoms with E-state index in [1.807, 2.05) is 6.07 Å². The van der Waals surface area contributed by atoms with E-state index in [1.165, 1.54) is 5.56 Å². The van der Waals surface area contributed by atoms with Crippen LogP contribution in [0.5, 0.6) is 5.75 Å². The van der Waals surface area contributed by atoms with Crippen LogP contribution in [0.1, 0.15) is 49.4 Å². The zero-order chi connectivity index (χ0) is 15.9. The molecule has 1 unspecified atom stereocenters. The summed E-state index contributed by atoms with van der Waals surface area (Å²) in [6, 6.07) is 3.94. The third-order valence-corrected chi connectivity index (χ3v) is 5.23. The Bertz CT molecular complexity index is 543. The van der Waals surface area contributed by atoms with Gasteiger partial charge in [-0.15, -0.1) is 0 Å². The van der Waals surface area contributed by atoms with Crippen LogP contribution >= 0.6 is 0 Å². The predicted molar refractivity (Wildman–Crippen MR) is 85.6 cm³/mol. The van der Waals surface area contributed by atoms with Crippen molar-refractivity contribution < 1.29 is 15.3 Å². The fraction of sp³-hybridized carbons (Fsp3) is 0.667. The van der Waals surface area contributed by atoms with Crippen LogP contribution in [0.3, 0.4) is 0 Å². The van der Waals surface area contributed by atoms with E-state index < -0.39 is 0 Å². The summed E-state index contributed by atoms with van der Waals surface area (Å²) in [4.78, 5) is 2.47. The van der Waals surface area contributed by atoms with Gasteiger partial charge in [-0.05, 0) is 54.4 Å². The summed E-state index contributed by atoms with van der Waals surface area (Å²) in [5, 5.41) is 29.9. The molecule has 1 fully saturated rings. The topological polar surface area (TPSA) is 63.9 Å². The highest BCUT2D eigenvalue weighted by Gasteiger charge is 2.38. The smallest absolute Gasteiger partial charge is 0.121 e. The van der Waals surface area contributed by atoms with E-state index in [1.54, 1.807) is 6.07 Å². The summed E-state index contributed by atoms with van der Waals surface area (Å²) in [7, 11) is 0. The number of aliphatic hydroxyl groups excluding tert-OH is 2. The Morgan fingerprint density at radius 1 is 1.32 bits per heavy atom. The molecule has 22 heavy (non-hydrogen) atoms. The second-order valence-corrected chi connectivity index (χ2v) is 7.29. The molecule has 4 heteroatoms. The number of rotatable bonds is 3. The van der Waals surface area contributed by atoms with Gasteiger partial charge in [0.05, 0.1) is 12.7 Å². The van der Waals surface area contributed by atoms with Gasteiger partial charge in [-0.25, -0.2) is 0 Å². The molecule has 4 nitrogen and oxygen atoms in total. The average Bonchev–Trinajstić information content (AvgIpc) is 2.47. The van der Waals surface area contributed by atoms with E-state index in [9.17, 15) is 15.3 Å². The number of benzene rings is 1. The third kappa shape index (κ3) is 2.87. The van der Waals surface area contributed by atoms with E-state index in [2.05, 4.69) is 18.7 Å². The van der Waals surface area contributed by atoms with E-state index in [0.717, 1.165) is 37.9 Å². The van der Waals surface area contributed by atoms with Crippen LogP contribution in [0.2, 0.25) is 0 Å². The van der Waals surface area contributed by atoms with Gasteiger partial charge >= 0.3 is 0 Å². The molecule has 0 saturated carbocycles. The quantitative estimate of drug-likeness (QED) is 0.801. The zero-order valence-electron chi connectivity index (χ0n) is 13.5. The molecule has 2 aliphatic rings. The van der Waals surface area contributed by atoms with Crippen molar-refractivity contribution in [1.29, 1.82) is 0 Å². The summed E-state index contributed by atoms with van der Waals surface area (Å²) < 4.78 is 0. The van der Waals surface area contributed by atoms with Crippen LogP contribution in [0, 0.1) is 11.8 Å². The molecule has 1 saturated heterocycles. The number of hydrogen-bond donors (Lipinski definition) is 3. The van der Waals surface area contributed by atoms with Crippen molar-refractivity contribution in [3.05, 3.63) is 28.8 Å². The number of fused-ring (bicyclic) bond motifs is 3. The highest BCUT2D eigenvalue weighted by molar-refractivity contribution is 5.44. The second-order valence-electron chi connectivity index (χ2n) is 7.29. The Morgan fingerprint density at radius 2 is 2.09 bits per heavy atom. The van der Waals surface area contributed by atoms with Gasteiger partial charge in [0.25, 0.3) is 0 Å². The molecule has 3 atom stereocenters. The van der Waals surface area contributed by atoms with Crippen molar-refractivity contribution in [2.75, 3.05) is 13.1 Å². The van der Waals surface area contributed by atoms with Crippen LogP contribution in [0.15, 0.2) is 12.1 Å². The minimum absolute atomic E-state index is 0.148. The number of hydrogen-bond acceptors (Lipinski definition) is 4. The van der Waals surface area contributed by atoms with Crippen molar-refractivity contribution in [3.8, 4) is 5.75 Å². The minimum atomic E-state index is -0.263. The van der Waals surface area contributed by atoms with Gasteiger partial charge in [0.15, 0.2) is 0 Å². The Kier molecular flexibility index (Phi) is 4.44. The van der Waals surface area contributed by atoms with Crippen molar-refractivity contribution in [2.24, 2.45) is 11.8 Å². The molecule has 0 bridgehead atoms. The van der Waals surface area contributed by atoms with Crippen molar-refractivity contribution in [2.45, 2.75) is 51.9 Å². The lowest BCUT2D eigenvalue weighted by molar-refractivity contribution is -0.0191. The first-order valence-corrected chi connectivity index (χ1v) is 8.37. The van der Waals surface area contributed by atoms with Gasteiger partial charge in [0, 0.05) is 24.7 Å². The molecular weight excluding hydrogens is 278 g/mol. The lowest BCUT2D eigenvalue weighted by atomic mass is 9.79. The highest BCUT2D eigenvalue weighted by Crippen LogP contribution is 2.41. The van der Waals surface area contributed by atoms with E-state index in [4.69, 9.17) is 0 Å². The maximum Gasteiger partial charge on any atom is 0.121 e. The molecule has 0 aliphatic carbocycles. The molecule has 2 heterocycles. The number of piperidine rings is 1. The van der Waals surface area contributed by atoms with Gasteiger partial charge in [-0.3, -0.25) is 4.90 Å². The summed E-state index contributed by atoms with van der Waals surface area (Å²) in [6.45, 7) is 6.20. The molecule has 0 spiro atoms. The largest absolute Gasteiger partial charge is 0.508 e. The first-order chi connectivity index (χ1) is 10.5. The molecule has 0 amide bonds. The van der Waals surface area contributed by atoms with Crippen molar-refractivity contribution in [3.63, 3.8) is 0 Å². The van der Waals surface area contributed by atoms with Gasteiger partial charge in [-0.2, -0.15) is 0 Å².